The van der Waals surface area contributed by atoms with E-state index in [-0.39, 0.29) is 0 Å². The van der Waals surface area contributed by atoms with Crippen LogP contribution < -0.4 is 0 Å². The average molecular weight is 172 g/mol. The monoisotopic (exact) mass is 172 g/mol. The second-order valence-electron chi connectivity index (χ2n) is 3.97. The third-order valence-electron chi connectivity index (χ3n) is 2.82. The zero-order chi connectivity index (χ0) is 9.10. The molecule has 0 heteroatoms. The third kappa shape index (κ3) is 2.00. The topological polar surface area (TPSA) is 0 Å². The fourth-order valence-electron chi connectivity index (χ4n) is 1.88. The van der Waals surface area contributed by atoms with E-state index < -0.39 is 0 Å². The molecule has 68 valence electrons. The van der Waals surface area contributed by atoms with Gasteiger partial charge in [0.05, 0.1) is 0 Å². The molecule has 0 spiro atoms. The van der Waals surface area contributed by atoms with Gasteiger partial charge in [-0.15, -0.1) is 0 Å². The fourth-order valence-corrected chi connectivity index (χ4v) is 1.88. The zero-order valence-electron chi connectivity index (χ0n) is 8.16. The molecule has 0 fully saturated rings. The lowest BCUT2D eigenvalue weighted by atomic mass is 9.88. The highest BCUT2D eigenvalue weighted by Gasteiger charge is 2.10. The molecular formula is C13H16. The smallest absolute Gasteiger partial charge is 0.0228 e. The molecule has 1 aromatic rings. The second-order valence-corrected chi connectivity index (χ2v) is 3.97. The Bertz CT molecular complexity index is 295. The van der Waals surface area contributed by atoms with E-state index >= 15 is 0 Å². The summed E-state index contributed by atoms with van der Waals surface area (Å²) in [6, 6.07) is 10.7. The van der Waals surface area contributed by atoms with Gasteiger partial charge in [0.25, 0.3) is 0 Å². The molecule has 1 aliphatic rings. The maximum Gasteiger partial charge on any atom is -0.0228 e. The van der Waals surface area contributed by atoms with Crippen molar-refractivity contribution < 1.29 is 0 Å². The van der Waals surface area contributed by atoms with Crippen molar-refractivity contribution in [1.29, 1.82) is 0 Å². The molecule has 0 heterocycles. The van der Waals surface area contributed by atoms with Crippen molar-refractivity contribution in [3.05, 3.63) is 42.0 Å². The van der Waals surface area contributed by atoms with Crippen LogP contribution in [0.5, 0.6) is 0 Å². The molecule has 0 saturated carbocycles. The number of hydrogen-bond donors (Lipinski definition) is 0. The summed E-state index contributed by atoms with van der Waals surface area (Å²) < 4.78 is 0. The molecule has 0 bridgehead atoms. The molecule has 0 aliphatic heterocycles. The minimum absolute atomic E-state index is 0.882. The first kappa shape index (κ1) is 8.55. The van der Waals surface area contributed by atoms with Crippen LogP contribution in [0.1, 0.15) is 31.7 Å². The van der Waals surface area contributed by atoms with Crippen molar-refractivity contribution in [3.63, 3.8) is 0 Å². The maximum absolute atomic E-state index is 2.41. The molecule has 0 radical (unpaired) electrons. The van der Waals surface area contributed by atoms with E-state index in [1.165, 1.54) is 24.8 Å². The first-order valence-electron chi connectivity index (χ1n) is 5.11. The van der Waals surface area contributed by atoms with Gasteiger partial charge in [-0.25, -0.2) is 0 Å². The van der Waals surface area contributed by atoms with Crippen LogP contribution in [0.4, 0.5) is 0 Å². The molecule has 0 unspecified atom stereocenters. The van der Waals surface area contributed by atoms with E-state index in [4.69, 9.17) is 0 Å². The van der Waals surface area contributed by atoms with E-state index in [0.29, 0.717) is 0 Å². The third-order valence-corrected chi connectivity index (χ3v) is 2.82. The van der Waals surface area contributed by atoms with Crippen LogP contribution >= 0.6 is 0 Å². The Kier molecular flexibility index (Phi) is 2.49. The summed E-state index contributed by atoms with van der Waals surface area (Å²) >= 11 is 0. The van der Waals surface area contributed by atoms with E-state index in [1.54, 1.807) is 5.57 Å². The summed E-state index contributed by atoms with van der Waals surface area (Å²) in [6.07, 6.45) is 6.26. The Morgan fingerprint density at radius 3 is 2.54 bits per heavy atom. The van der Waals surface area contributed by atoms with Crippen LogP contribution in [0.25, 0.3) is 5.57 Å². The van der Waals surface area contributed by atoms with E-state index in [2.05, 4.69) is 43.3 Å². The lowest BCUT2D eigenvalue weighted by Crippen LogP contribution is -2.00. The number of allylic oxidation sites excluding steroid dienone is 2. The molecule has 1 aromatic carbocycles. The predicted octanol–water partition coefficient (Wildman–Crippen LogP) is 3.89. The second kappa shape index (κ2) is 3.78. The molecule has 2 rings (SSSR count). The van der Waals surface area contributed by atoms with Crippen molar-refractivity contribution >= 4 is 5.57 Å². The molecule has 0 aromatic heterocycles. The van der Waals surface area contributed by atoms with Crippen LogP contribution in [0.2, 0.25) is 0 Å². The van der Waals surface area contributed by atoms with Crippen LogP contribution in [-0.2, 0) is 0 Å². The van der Waals surface area contributed by atoms with Crippen LogP contribution in [-0.4, -0.2) is 0 Å². The normalized spacial score (nSPS) is 22.5. The van der Waals surface area contributed by atoms with Crippen molar-refractivity contribution in [2.45, 2.75) is 26.2 Å². The predicted molar refractivity (Wildman–Crippen MR) is 57.4 cm³/mol. The van der Waals surface area contributed by atoms with Crippen LogP contribution in [0, 0.1) is 5.92 Å². The highest BCUT2D eigenvalue weighted by atomic mass is 14.2. The van der Waals surface area contributed by atoms with Gasteiger partial charge in [0.1, 0.15) is 0 Å². The Hall–Kier alpha value is -1.04. The minimum atomic E-state index is 0.882. The number of benzene rings is 1. The van der Waals surface area contributed by atoms with Gasteiger partial charge in [0.2, 0.25) is 0 Å². The van der Waals surface area contributed by atoms with Gasteiger partial charge in [0.15, 0.2) is 0 Å². The summed E-state index contributed by atoms with van der Waals surface area (Å²) in [7, 11) is 0. The Labute approximate surface area is 80.3 Å². The van der Waals surface area contributed by atoms with Gasteiger partial charge in [-0.1, -0.05) is 43.3 Å². The molecule has 0 amide bonds. The lowest BCUT2D eigenvalue weighted by Gasteiger charge is -2.18. The Balaban J connectivity index is 2.19. The van der Waals surface area contributed by atoms with Gasteiger partial charge in [-0.3, -0.25) is 0 Å². The highest BCUT2D eigenvalue weighted by molar-refractivity contribution is 5.66. The average Bonchev–Trinajstić information content (AvgIpc) is 2.20. The number of hydrogen-bond acceptors (Lipinski definition) is 0. The van der Waals surface area contributed by atoms with E-state index in [9.17, 15) is 0 Å². The highest BCUT2D eigenvalue weighted by Crippen LogP contribution is 2.29. The molecule has 0 saturated heterocycles. The summed E-state index contributed by atoms with van der Waals surface area (Å²) in [5.74, 6) is 0.882. The summed E-state index contributed by atoms with van der Waals surface area (Å²) in [4.78, 5) is 0. The molecule has 1 atom stereocenters. The van der Waals surface area contributed by atoms with E-state index in [1.807, 2.05) is 0 Å². The fraction of sp³-hybridized carbons (Fsp3) is 0.385. The van der Waals surface area contributed by atoms with Crippen molar-refractivity contribution in [1.82, 2.24) is 0 Å². The van der Waals surface area contributed by atoms with Crippen LogP contribution in [0.3, 0.4) is 0 Å². The first-order chi connectivity index (χ1) is 6.36. The molecule has 13 heavy (non-hydrogen) atoms. The minimum Gasteiger partial charge on any atom is -0.0805 e. The zero-order valence-corrected chi connectivity index (χ0v) is 8.16. The molecule has 0 nitrogen and oxygen atoms in total. The van der Waals surface area contributed by atoms with Crippen molar-refractivity contribution in [3.8, 4) is 0 Å². The first-order valence-corrected chi connectivity index (χ1v) is 5.11. The Morgan fingerprint density at radius 2 is 1.92 bits per heavy atom. The maximum atomic E-state index is 2.41. The number of rotatable bonds is 1. The molecular weight excluding hydrogens is 156 g/mol. The summed E-state index contributed by atoms with van der Waals surface area (Å²) in [5, 5.41) is 0. The van der Waals surface area contributed by atoms with Gasteiger partial charge in [0, 0.05) is 0 Å². The quantitative estimate of drug-likeness (QED) is 0.603. The standard InChI is InChI=1S/C13H16/c1-11-7-9-13(10-8-11)12-5-3-2-4-6-12/h2-6,9,11H,7-8,10H2,1H3/t11-/m0/s1. The van der Waals surface area contributed by atoms with Gasteiger partial charge in [-0.2, -0.15) is 0 Å². The van der Waals surface area contributed by atoms with Gasteiger partial charge < -0.3 is 0 Å². The Morgan fingerprint density at radius 1 is 1.15 bits per heavy atom. The van der Waals surface area contributed by atoms with Crippen molar-refractivity contribution in [2.75, 3.05) is 0 Å². The van der Waals surface area contributed by atoms with Crippen LogP contribution in [0.15, 0.2) is 36.4 Å². The molecule has 1 aliphatic carbocycles. The van der Waals surface area contributed by atoms with E-state index in [0.717, 1.165) is 5.92 Å². The van der Waals surface area contributed by atoms with Gasteiger partial charge >= 0.3 is 0 Å². The van der Waals surface area contributed by atoms with Crippen molar-refractivity contribution in [2.24, 2.45) is 5.92 Å². The summed E-state index contributed by atoms with van der Waals surface area (Å²) in [6.45, 7) is 2.33. The SMILES string of the molecule is C[C@H]1CC=C(c2ccccc2)CC1. The van der Waals surface area contributed by atoms with Gasteiger partial charge in [-0.05, 0) is 36.3 Å². The summed E-state index contributed by atoms with van der Waals surface area (Å²) in [5.41, 5.74) is 2.95. The molecule has 0 N–H and O–H groups in total. The lowest BCUT2D eigenvalue weighted by molar-refractivity contribution is 0.534. The largest absolute Gasteiger partial charge is 0.0805 e.